The van der Waals surface area contributed by atoms with Gasteiger partial charge in [-0.15, -0.1) is 0 Å². The second kappa shape index (κ2) is 9.39. The maximum absolute atomic E-state index is 5.18. The van der Waals surface area contributed by atoms with Gasteiger partial charge >= 0.3 is 0 Å². The van der Waals surface area contributed by atoms with Gasteiger partial charge in [0.25, 0.3) is 0 Å². The van der Waals surface area contributed by atoms with Gasteiger partial charge in [0.1, 0.15) is 0 Å². The van der Waals surface area contributed by atoms with E-state index in [4.69, 9.17) is 4.74 Å². The second-order valence-electron chi connectivity index (χ2n) is 7.11. The molecule has 124 valence electrons. The van der Waals surface area contributed by atoms with Crippen molar-refractivity contribution in [3.05, 3.63) is 0 Å². The van der Waals surface area contributed by atoms with E-state index in [1.165, 1.54) is 69.8 Å². The van der Waals surface area contributed by atoms with Crippen molar-refractivity contribution in [2.75, 3.05) is 57.9 Å². The summed E-state index contributed by atoms with van der Waals surface area (Å²) in [6, 6.07) is 0. The Balaban J connectivity index is 1.90. The summed E-state index contributed by atoms with van der Waals surface area (Å²) in [5.74, 6) is 3.57. The molecule has 0 spiro atoms. The Kier molecular flexibility index (Phi) is 7.86. The Morgan fingerprint density at radius 3 is 3.00 bits per heavy atom. The molecule has 4 heteroatoms. The molecule has 2 unspecified atom stereocenters. The van der Waals surface area contributed by atoms with E-state index in [1.807, 2.05) is 0 Å². The molecule has 3 nitrogen and oxygen atoms in total. The fraction of sp³-hybridized carbons (Fsp3) is 1.00. The molecule has 0 bridgehead atoms. The molecule has 2 fully saturated rings. The standard InChI is InChI=1S/C17H34N2OS/c1-16-5-3-6-17(13-16,14-18-7-10-20-2)15-19-8-4-11-21-12-9-19/h16,18H,3-15H2,1-2H3. The molecule has 0 aromatic heterocycles. The zero-order valence-electron chi connectivity index (χ0n) is 14.0. The van der Waals surface area contributed by atoms with Crippen molar-refractivity contribution in [3.8, 4) is 0 Å². The van der Waals surface area contributed by atoms with Crippen LogP contribution >= 0.6 is 11.8 Å². The zero-order valence-corrected chi connectivity index (χ0v) is 14.8. The first kappa shape index (κ1) is 17.6. The van der Waals surface area contributed by atoms with Gasteiger partial charge in [-0.2, -0.15) is 11.8 Å². The van der Waals surface area contributed by atoms with Crippen LogP contribution in [0.3, 0.4) is 0 Å². The number of nitrogens with zero attached hydrogens (tertiary/aromatic N) is 1. The van der Waals surface area contributed by atoms with Crippen molar-refractivity contribution in [1.29, 1.82) is 0 Å². The van der Waals surface area contributed by atoms with Crippen LogP contribution in [0.15, 0.2) is 0 Å². The Hall–Kier alpha value is 0.230. The Bertz CT molecular complexity index is 282. The fourth-order valence-electron chi connectivity index (χ4n) is 4.09. The largest absolute Gasteiger partial charge is 0.383 e. The predicted octanol–water partition coefficient (Wildman–Crippen LogP) is 2.86. The molecular formula is C17H34N2OS. The lowest BCUT2D eigenvalue weighted by Gasteiger charge is -2.43. The summed E-state index contributed by atoms with van der Waals surface area (Å²) in [4.78, 5) is 2.75. The quantitative estimate of drug-likeness (QED) is 0.730. The normalized spacial score (nSPS) is 32.0. The number of rotatable bonds is 7. The van der Waals surface area contributed by atoms with Crippen molar-refractivity contribution in [3.63, 3.8) is 0 Å². The number of ether oxygens (including phenoxy) is 1. The molecule has 0 amide bonds. The van der Waals surface area contributed by atoms with Gasteiger partial charge in [-0.05, 0) is 42.9 Å². The molecule has 0 radical (unpaired) electrons. The van der Waals surface area contributed by atoms with Gasteiger partial charge in [-0.25, -0.2) is 0 Å². The van der Waals surface area contributed by atoms with Crippen LogP contribution in [0.25, 0.3) is 0 Å². The van der Waals surface area contributed by atoms with E-state index in [0.29, 0.717) is 5.41 Å². The van der Waals surface area contributed by atoms with Crippen LogP contribution in [0.4, 0.5) is 0 Å². The molecule has 2 rings (SSSR count). The van der Waals surface area contributed by atoms with Crippen LogP contribution in [-0.4, -0.2) is 62.8 Å². The first-order valence-corrected chi connectivity index (χ1v) is 9.89. The number of hydrogen-bond donors (Lipinski definition) is 1. The summed E-state index contributed by atoms with van der Waals surface area (Å²) in [5.41, 5.74) is 0.500. The lowest BCUT2D eigenvalue weighted by Crippen LogP contribution is -2.47. The van der Waals surface area contributed by atoms with Crippen LogP contribution in [0.5, 0.6) is 0 Å². The lowest BCUT2D eigenvalue weighted by atomic mass is 9.69. The average Bonchev–Trinajstić information content (AvgIpc) is 2.72. The van der Waals surface area contributed by atoms with Gasteiger partial charge in [-0.3, -0.25) is 0 Å². The van der Waals surface area contributed by atoms with Crippen molar-refractivity contribution in [1.82, 2.24) is 10.2 Å². The van der Waals surface area contributed by atoms with Crippen LogP contribution in [0.1, 0.15) is 39.0 Å². The minimum absolute atomic E-state index is 0.500. The highest BCUT2D eigenvalue weighted by atomic mass is 32.2. The highest BCUT2D eigenvalue weighted by molar-refractivity contribution is 7.99. The van der Waals surface area contributed by atoms with Crippen LogP contribution in [0, 0.1) is 11.3 Å². The summed E-state index contributed by atoms with van der Waals surface area (Å²) in [5, 5.41) is 3.67. The summed E-state index contributed by atoms with van der Waals surface area (Å²) in [6.45, 7) is 9.33. The third-order valence-electron chi connectivity index (χ3n) is 5.04. The minimum Gasteiger partial charge on any atom is -0.383 e. The summed E-state index contributed by atoms with van der Waals surface area (Å²) >= 11 is 2.13. The monoisotopic (exact) mass is 314 g/mol. The number of hydrogen-bond acceptors (Lipinski definition) is 4. The number of methoxy groups -OCH3 is 1. The smallest absolute Gasteiger partial charge is 0.0587 e. The third-order valence-corrected chi connectivity index (χ3v) is 6.09. The van der Waals surface area contributed by atoms with Gasteiger partial charge in [0.15, 0.2) is 0 Å². The zero-order chi connectivity index (χ0) is 15.0. The van der Waals surface area contributed by atoms with E-state index < -0.39 is 0 Å². The second-order valence-corrected chi connectivity index (χ2v) is 8.34. The highest BCUT2D eigenvalue weighted by Crippen LogP contribution is 2.39. The molecule has 1 heterocycles. The van der Waals surface area contributed by atoms with E-state index in [-0.39, 0.29) is 0 Å². The molecule has 1 saturated carbocycles. The Labute approximate surface area is 135 Å². The molecule has 0 aromatic carbocycles. The summed E-state index contributed by atoms with van der Waals surface area (Å²) in [6.07, 6.45) is 7.01. The molecule has 1 aliphatic heterocycles. The first-order valence-electron chi connectivity index (χ1n) is 8.74. The molecule has 2 atom stereocenters. The van der Waals surface area contributed by atoms with Gasteiger partial charge < -0.3 is 15.0 Å². The number of thioether (sulfide) groups is 1. The van der Waals surface area contributed by atoms with E-state index >= 15 is 0 Å². The highest BCUT2D eigenvalue weighted by Gasteiger charge is 2.36. The van der Waals surface area contributed by atoms with E-state index in [1.54, 1.807) is 7.11 Å². The maximum Gasteiger partial charge on any atom is 0.0587 e. The SMILES string of the molecule is COCCNCC1(CN2CCCSCC2)CCCC(C)C1. The maximum atomic E-state index is 5.18. The van der Waals surface area contributed by atoms with Crippen molar-refractivity contribution in [2.45, 2.75) is 39.0 Å². The first-order chi connectivity index (χ1) is 10.2. The van der Waals surface area contributed by atoms with Crippen LogP contribution in [0.2, 0.25) is 0 Å². The van der Waals surface area contributed by atoms with E-state index in [9.17, 15) is 0 Å². The third kappa shape index (κ3) is 6.09. The Morgan fingerprint density at radius 2 is 2.19 bits per heavy atom. The fourth-order valence-corrected chi connectivity index (χ4v) is 5.01. The van der Waals surface area contributed by atoms with Gasteiger partial charge in [-0.1, -0.05) is 19.8 Å². The van der Waals surface area contributed by atoms with Crippen LogP contribution < -0.4 is 5.32 Å². The van der Waals surface area contributed by atoms with Crippen molar-refractivity contribution < 1.29 is 4.74 Å². The predicted molar refractivity (Wildman–Crippen MR) is 93.2 cm³/mol. The van der Waals surface area contributed by atoms with Crippen LogP contribution in [-0.2, 0) is 4.74 Å². The van der Waals surface area contributed by atoms with Gasteiger partial charge in [0, 0.05) is 39.0 Å². The van der Waals surface area contributed by atoms with E-state index in [0.717, 1.165) is 19.1 Å². The molecule has 1 N–H and O–H groups in total. The molecule has 21 heavy (non-hydrogen) atoms. The molecule has 2 aliphatic rings. The summed E-state index contributed by atoms with van der Waals surface area (Å²) < 4.78 is 5.18. The Morgan fingerprint density at radius 1 is 1.29 bits per heavy atom. The number of nitrogens with one attached hydrogen (secondary N) is 1. The topological polar surface area (TPSA) is 24.5 Å². The van der Waals surface area contributed by atoms with Gasteiger partial charge in [0.05, 0.1) is 6.61 Å². The van der Waals surface area contributed by atoms with Crippen molar-refractivity contribution in [2.24, 2.45) is 11.3 Å². The molecule has 1 aliphatic carbocycles. The summed E-state index contributed by atoms with van der Waals surface area (Å²) in [7, 11) is 1.79. The lowest BCUT2D eigenvalue weighted by molar-refractivity contribution is 0.0811. The van der Waals surface area contributed by atoms with Crippen molar-refractivity contribution >= 4 is 11.8 Å². The van der Waals surface area contributed by atoms with Gasteiger partial charge in [0.2, 0.25) is 0 Å². The minimum atomic E-state index is 0.500. The molecule has 1 saturated heterocycles. The average molecular weight is 315 g/mol. The molecule has 0 aromatic rings. The van der Waals surface area contributed by atoms with E-state index in [2.05, 4.69) is 28.9 Å². The molecular weight excluding hydrogens is 280 g/mol.